The second-order valence-electron chi connectivity index (χ2n) is 4.95. The molecule has 0 saturated carbocycles. The average molecular weight is 364 g/mol. The number of amides is 1. The van der Waals surface area contributed by atoms with E-state index in [-0.39, 0.29) is 5.91 Å². The fraction of sp³-hybridized carbons (Fsp3) is 0.235. The Morgan fingerprint density at radius 2 is 1.77 bits per heavy atom. The Labute approximate surface area is 138 Å². The summed E-state index contributed by atoms with van der Waals surface area (Å²) in [5.41, 5.74) is 3.57. The minimum atomic E-state index is -0.204. The van der Waals surface area contributed by atoms with E-state index in [1.54, 1.807) is 19.2 Å². The largest absolute Gasteiger partial charge is 0.493 e. The fourth-order valence-electron chi connectivity index (χ4n) is 2.07. The van der Waals surface area contributed by atoms with Crippen LogP contribution in [0.15, 0.2) is 34.8 Å². The lowest BCUT2D eigenvalue weighted by Crippen LogP contribution is -2.12. The molecule has 22 heavy (non-hydrogen) atoms. The molecule has 5 heteroatoms. The molecular weight excluding hydrogens is 346 g/mol. The maximum Gasteiger partial charge on any atom is 0.255 e. The van der Waals surface area contributed by atoms with Crippen molar-refractivity contribution in [3.8, 4) is 11.5 Å². The van der Waals surface area contributed by atoms with Gasteiger partial charge in [0.1, 0.15) is 0 Å². The predicted octanol–water partition coefficient (Wildman–Crippen LogP) is 4.34. The normalized spacial score (nSPS) is 10.2. The van der Waals surface area contributed by atoms with Gasteiger partial charge in [-0.05, 0) is 65.2 Å². The lowest BCUT2D eigenvalue weighted by atomic mass is 10.1. The van der Waals surface area contributed by atoms with E-state index in [1.807, 2.05) is 32.0 Å². The first-order valence-electron chi connectivity index (χ1n) is 6.76. The molecule has 1 N–H and O–H groups in total. The first kappa shape index (κ1) is 16.4. The van der Waals surface area contributed by atoms with Crippen LogP contribution >= 0.6 is 15.9 Å². The topological polar surface area (TPSA) is 47.6 Å². The molecule has 0 radical (unpaired) electrons. The standard InChI is InChI=1S/C17H18BrNO3/c1-10-5-6-13(7-11(10)2)19-17(20)12-8-14(18)16(22-4)15(9-12)21-3/h5-9H,1-4H3,(H,19,20). The quantitative estimate of drug-likeness (QED) is 0.878. The van der Waals surface area contributed by atoms with Gasteiger partial charge in [-0.3, -0.25) is 4.79 Å². The Kier molecular flexibility index (Phi) is 5.08. The highest BCUT2D eigenvalue weighted by atomic mass is 79.9. The second-order valence-corrected chi connectivity index (χ2v) is 5.80. The van der Waals surface area contributed by atoms with E-state index in [4.69, 9.17) is 9.47 Å². The lowest BCUT2D eigenvalue weighted by molar-refractivity contribution is 0.102. The smallest absolute Gasteiger partial charge is 0.255 e. The van der Waals surface area contributed by atoms with Crippen molar-refractivity contribution in [3.05, 3.63) is 51.5 Å². The van der Waals surface area contributed by atoms with Gasteiger partial charge < -0.3 is 14.8 Å². The van der Waals surface area contributed by atoms with E-state index in [0.29, 0.717) is 21.5 Å². The number of carbonyl (C=O) groups is 1. The van der Waals surface area contributed by atoms with Gasteiger partial charge in [0, 0.05) is 11.3 Å². The number of benzene rings is 2. The number of methoxy groups -OCH3 is 2. The van der Waals surface area contributed by atoms with E-state index in [2.05, 4.69) is 21.2 Å². The molecule has 116 valence electrons. The SMILES string of the molecule is COc1cc(C(=O)Nc2ccc(C)c(C)c2)cc(Br)c1OC. The number of anilines is 1. The molecule has 0 fully saturated rings. The average Bonchev–Trinajstić information content (AvgIpc) is 2.50. The summed E-state index contributed by atoms with van der Waals surface area (Å²) in [4.78, 5) is 12.4. The zero-order chi connectivity index (χ0) is 16.3. The summed E-state index contributed by atoms with van der Waals surface area (Å²) in [5.74, 6) is 0.859. The van der Waals surface area contributed by atoms with E-state index in [0.717, 1.165) is 11.3 Å². The molecule has 0 atom stereocenters. The summed E-state index contributed by atoms with van der Waals surface area (Å²) >= 11 is 3.39. The van der Waals surface area contributed by atoms with Crippen LogP contribution in [-0.2, 0) is 0 Å². The van der Waals surface area contributed by atoms with Crippen molar-refractivity contribution in [1.82, 2.24) is 0 Å². The van der Waals surface area contributed by atoms with E-state index in [1.165, 1.54) is 12.7 Å². The third kappa shape index (κ3) is 3.42. The summed E-state index contributed by atoms with van der Waals surface area (Å²) < 4.78 is 11.2. The first-order chi connectivity index (χ1) is 10.5. The highest BCUT2D eigenvalue weighted by molar-refractivity contribution is 9.10. The minimum Gasteiger partial charge on any atom is -0.493 e. The van der Waals surface area contributed by atoms with E-state index in [9.17, 15) is 4.79 Å². The van der Waals surface area contributed by atoms with E-state index >= 15 is 0 Å². The van der Waals surface area contributed by atoms with E-state index < -0.39 is 0 Å². The van der Waals surface area contributed by atoms with Gasteiger partial charge in [-0.2, -0.15) is 0 Å². The van der Waals surface area contributed by atoms with Gasteiger partial charge in [0.15, 0.2) is 11.5 Å². The molecule has 0 saturated heterocycles. The van der Waals surface area contributed by atoms with Crippen molar-refractivity contribution in [2.45, 2.75) is 13.8 Å². The van der Waals surface area contributed by atoms with Gasteiger partial charge in [0.05, 0.1) is 18.7 Å². The number of carbonyl (C=O) groups excluding carboxylic acids is 1. The van der Waals surface area contributed by atoms with Crippen LogP contribution < -0.4 is 14.8 Å². The van der Waals surface area contributed by atoms with Gasteiger partial charge in [0.2, 0.25) is 0 Å². The van der Waals surface area contributed by atoms with Gasteiger partial charge in [-0.15, -0.1) is 0 Å². The number of ether oxygens (including phenoxy) is 2. The molecular formula is C17H18BrNO3. The molecule has 0 heterocycles. The lowest BCUT2D eigenvalue weighted by Gasteiger charge is -2.12. The van der Waals surface area contributed by atoms with Crippen LogP contribution in [0.2, 0.25) is 0 Å². The van der Waals surface area contributed by atoms with Crippen molar-refractivity contribution >= 4 is 27.5 Å². The molecule has 0 aliphatic carbocycles. The molecule has 0 aliphatic rings. The van der Waals surface area contributed by atoms with Gasteiger partial charge in [0.25, 0.3) is 5.91 Å². The Morgan fingerprint density at radius 1 is 1.05 bits per heavy atom. The monoisotopic (exact) mass is 363 g/mol. The summed E-state index contributed by atoms with van der Waals surface area (Å²) in [7, 11) is 3.09. The summed E-state index contributed by atoms with van der Waals surface area (Å²) in [6.45, 7) is 4.05. The predicted molar refractivity (Wildman–Crippen MR) is 91.1 cm³/mol. The zero-order valence-corrected chi connectivity index (χ0v) is 14.6. The van der Waals surface area contributed by atoms with Crippen molar-refractivity contribution in [2.24, 2.45) is 0 Å². The van der Waals surface area contributed by atoms with Crippen LogP contribution in [0.3, 0.4) is 0 Å². The van der Waals surface area contributed by atoms with Crippen LogP contribution in [0.5, 0.6) is 11.5 Å². The highest BCUT2D eigenvalue weighted by Gasteiger charge is 2.15. The third-order valence-electron chi connectivity index (χ3n) is 3.46. The summed E-state index contributed by atoms with van der Waals surface area (Å²) in [5, 5.41) is 2.89. The molecule has 4 nitrogen and oxygen atoms in total. The van der Waals surface area contributed by atoms with Crippen molar-refractivity contribution in [3.63, 3.8) is 0 Å². The Hall–Kier alpha value is -2.01. The maximum absolute atomic E-state index is 12.4. The molecule has 0 spiro atoms. The summed E-state index contributed by atoms with van der Waals surface area (Å²) in [6.07, 6.45) is 0. The molecule has 0 bridgehead atoms. The molecule has 1 amide bonds. The fourth-order valence-corrected chi connectivity index (χ4v) is 2.68. The molecule has 2 aromatic carbocycles. The van der Waals surface area contributed by atoms with Crippen LogP contribution in [-0.4, -0.2) is 20.1 Å². The number of aryl methyl sites for hydroxylation is 2. The number of hydrogen-bond acceptors (Lipinski definition) is 3. The molecule has 2 aromatic rings. The van der Waals surface area contributed by atoms with Gasteiger partial charge in [-0.1, -0.05) is 6.07 Å². The van der Waals surface area contributed by atoms with Crippen molar-refractivity contribution < 1.29 is 14.3 Å². The van der Waals surface area contributed by atoms with Crippen LogP contribution in [0, 0.1) is 13.8 Å². The number of halogens is 1. The first-order valence-corrected chi connectivity index (χ1v) is 7.55. The minimum absolute atomic E-state index is 0.204. The van der Waals surface area contributed by atoms with Crippen LogP contribution in [0.25, 0.3) is 0 Å². The Balaban J connectivity index is 2.29. The molecule has 0 unspecified atom stereocenters. The van der Waals surface area contributed by atoms with Crippen LogP contribution in [0.4, 0.5) is 5.69 Å². The van der Waals surface area contributed by atoms with Crippen molar-refractivity contribution in [2.75, 3.05) is 19.5 Å². The Bertz CT molecular complexity index is 713. The Morgan fingerprint density at radius 3 is 2.36 bits per heavy atom. The third-order valence-corrected chi connectivity index (χ3v) is 4.05. The number of rotatable bonds is 4. The highest BCUT2D eigenvalue weighted by Crippen LogP contribution is 2.36. The second kappa shape index (κ2) is 6.83. The van der Waals surface area contributed by atoms with Gasteiger partial charge in [-0.25, -0.2) is 0 Å². The number of nitrogens with one attached hydrogen (secondary N) is 1. The maximum atomic E-state index is 12.4. The molecule has 0 aromatic heterocycles. The molecule has 0 aliphatic heterocycles. The number of hydrogen-bond donors (Lipinski definition) is 1. The summed E-state index contributed by atoms with van der Waals surface area (Å²) in [6, 6.07) is 9.17. The van der Waals surface area contributed by atoms with Crippen molar-refractivity contribution in [1.29, 1.82) is 0 Å². The van der Waals surface area contributed by atoms with Gasteiger partial charge >= 0.3 is 0 Å². The molecule has 2 rings (SSSR count). The van der Waals surface area contributed by atoms with Crippen LogP contribution in [0.1, 0.15) is 21.5 Å². The zero-order valence-electron chi connectivity index (χ0n) is 13.0.